The summed E-state index contributed by atoms with van der Waals surface area (Å²) in [4.78, 5) is 0. The lowest BCUT2D eigenvalue weighted by Crippen LogP contribution is -1.92. The van der Waals surface area contributed by atoms with Crippen LogP contribution in [0.4, 0.5) is 17.1 Å². The maximum Gasteiger partial charge on any atom is 0.0661 e. The Bertz CT molecular complexity index is 495. The Balaban J connectivity index is 2.23. The molecule has 0 atom stereocenters. The molecule has 0 aliphatic heterocycles. The van der Waals surface area contributed by atoms with Crippen molar-refractivity contribution in [3.63, 3.8) is 0 Å². The smallest absolute Gasteiger partial charge is 0.0661 e. The van der Waals surface area contributed by atoms with Crippen molar-refractivity contribution in [2.45, 2.75) is 0 Å². The van der Waals surface area contributed by atoms with Gasteiger partial charge in [-0.05, 0) is 42.5 Å². The van der Waals surface area contributed by atoms with Crippen LogP contribution in [0.5, 0.6) is 0 Å². The van der Waals surface area contributed by atoms with Crippen molar-refractivity contribution in [2.75, 3.05) is 11.1 Å². The van der Waals surface area contributed by atoms with Crippen LogP contribution in [-0.4, -0.2) is 0 Å². The van der Waals surface area contributed by atoms with Gasteiger partial charge in [0.2, 0.25) is 0 Å². The lowest BCUT2D eigenvalue weighted by Gasteiger charge is -2.08. The summed E-state index contributed by atoms with van der Waals surface area (Å²) in [5.41, 5.74) is 8.00. The quantitative estimate of drug-likeness (QED) is 0.782. The van der Waals surface area contributed by atoms with E-state index in [1.807, 2.05) is 30.3 Å². The van der Waals surface area contributed by atoms with E-state index in [9.17, 15) is 0 Å². The predicted octanol–water partition coefficient (Wildman–Crippen LogP) is 4.32. The molecular formula is C12H10Cl2N2. The topological polar surface area (TPSA) is 38.0 Å². The molecule has 0 amide bonds. The Labute approximate surface area is 104 Å². The molecule has 0 aliphatic carbocycles. The highest BCUT2D eigenvalue weighted by molar-refractivity contribution is 6.33. The van der Waals surface area contributed by atoms with Gasteiger partial charge >= 0.3 is 0 Å². The Morgan fingerprint density at radius 1 is 0.938 bits per heavy atom. The molecule has 0 spiro atoms. The fourth-order valence-electron chi connectivity index (χ4n) is 1.32. The number of benzene rings is 2. The standard InChI is InChI=1S/C12H10Cl2N2/c13-8-1-4-10(5-2-8)16-12-6-3-9(15)7-11(12)14/h1-7,16H,15H2. The van der Waals surface area contributed by atoms with Crippen molar-refractivity contribution in [3.8, 4) is 0 Å². The zero-order valence-corrected chi connectivity index (χ0v) is 9.89. The van der Waals surface area contributed by atoms with Crippen molar-refractivity contribution >= 4 is 40.3 Å². The van der Waals surface area contributed by atoms with E-state index in [0.717, 1.165) is 11.4 Å². The third-order valence-electron chi connectivity index (χ3n) is 2.12. The van der Waals surface area contributed by atoms with E-state index in [1.54, 1.807) is 12.1 Å². The van der Waals surface area contributed by atoms with Crippen LogP contribution < -0.4 is 11.1 Å². The highest BCUT2D eigenvalue weighted by Crippen LogP contribution is 2.27. The van der Waals surface area contributed by atoms with E-state index in [2.05, 4.69) is 5.32 Å². The van der Waals surface area contributed by atoms with Crippen molar-refractivity contribution in [2.24, 2.45) is 0 Å². The van der Waals surface area contributed by atoms with E-state index < -0.39 is 0 Å². The van der Waals surface area contributed by atoms with Gasteiger partial charge in [-0.15, -0.1) is 0 Å². The number of anilines is 3. The summed E-state index contributed by atoms with van der Waals surface area (Å²) in [7, 11) is 0. The van der Waals surface area contributed by atoms with Gasteiger partial charge in [0, 0.05) is 16.4 Å². The second-order valence-corrected chi connectivity index (χ2v) is 4.21. The van der Waals surface area contributed by atoms with E-state index in [1.165, 1.54) is 0 Å². The van der Waals surface area contributed by atoms with Crippen LogP contribution in [0.2, 0.25) is 10.0 Å². The SMILES string of the molecule is Nc1ccc(Nc2ccc(Cl)cc2)c(Cl)c1. The molecule has 0 saturated carbocycles. The fraction of sp³-hybridized carbons (Fsp3) is 0. The van der Waals surface area contributed by atoms with Crippen LogP contribution in [0.15, 0.2) is 42.5 Å². The number of nitrogens with one attached hydrogen (secondary N) is 1. The monoisotopic (exact) mass is 252 g/mol. The third-order valence-corrected chi connectivity index (χ3v) is 2.68. The maximum atomic E-state index is 6.04. The summed E-state index contributed by atoms with van der Waals surface area (Å²) in [6.45, 7) is 0. The molecule has 4 heteroatoms. The number of rotatable bonds is 2. The van der Waals surface area contributed by atoms with Gasteiger partial charge in [0.1, 0.15) is 0 Å². The van der Waals surface area contributed by atoms with Crippen LogP contribution in [0.1, 0.15) is 0 Å². The van der Waals surface area contributed by atoms with E-state index in [4.69, 9.17) is 28.9 Å². The van der Waals surface area contributed by atoms with Gasteiger partial charge < -0.3 is 11.1 Å². The second-order valence-electron chi connectivity index (χ2n) is 3.37. The molecule has 82 valence electrons. The van der Waals surface area contributed by atoms with Crippen LogP contribution >= 0.6 is 23.2 Å². The van der Waals surface area contributed by atoms with Crippen molar-refractivity contribution < 1.29 is 0 Å². The zero-order valence-electron chi connectivity index (χ0n) is 8.37. The first-order chi connectivity index (χ1) is 7.65. The van der Waals surface area contributed by atoms with Crippen LogP contribution in [0.3, 0.4) is 0 Å². The van der Waals surface area contributed by atoms with Gasteiger partial charge in [-0.2, -0.15) is 0 Å². The molecule has 0 bridgehead atoms. The molecule has 16 heavy (non-hydrogen) atoms. The van der Waals surface area contributed by atoms with E-state index in [0.29, 0.717) is 15.7 Å². The predicted molar refractivity (Wildman–Crippen MR) is 70.6 cm³/mol. The molecule has 0 aromatic heterocycles. The molecule has 0 heterocycles. The van der Waals surface area contributed by atoms with Gasteiger partial charge in [0.05, 0.1) is 10.7 Å². The molecule has 0 aliphatic rings. The highest BCUT2D eigenvalue weighted by atomic mass is 35.5. The fourth-order valence-corrected chi connectivity index (χ4v) is 1.68. The zero-order chi connectivity index (χ0) is 11.5. The summed E-state index contributed by atoms with van der Waals surface area (Å²) >= 11 is 11.8. The molecular weight excluding hydrogens is 243 g/mol. The average Bonchev–Trinajstić information content (AvgIpc) is 2.25. The summed E-state index contributed by atoms with van der Waals surface area (Å²) in [5, 5.41) is 4.48. The summed E-state index contributed by atoms with van der Waals surface area (Å²) < 4.78 is 0. The minimum Gasteiger partial charge on any atom is -0.399 e. The molecule has 2 rings (SSSR count). The number of hydrogen-bond acceptors (Lipinski definition) is 2. The second kappa shape index (κ2) is 4.64. The minimum atomic E-state index is 0.593. The molecule has 2 nitrogen and oxygen atoms in total. The van der Waals surface area contributed by atoms with Gasteiger partial charge in [-0.1, -0.05) is 23.2 Å². The Hall–Kier alpha value is -1.38. The first-order valence-electron chi connectivity index (χ1n) is 4.73. The molecule has 0 radical (unpaired) electrons. The number of halogens is 2. The van der Waals surface area contributed by atoms with Crippen molar-refractivity contribution in [3.05, 3.63) is 52.5 Å². The lowest BCUT2D eigenvalue weighted by molar-refractivity contribution is 1.55. The molecule has 3 N–H and O–H groups in total. The Morgan fingerprint density at radius 2 is 1.62 bits per heavy atom. The van der Waals surface area contributed by atoms with Crippen LogP contribution in [0.25, 0.3) is 0 Å². The normalized spacial score (nSPS) is 10.1. The van der Waals surface area contributed by atoms with Crippen LogP contribution in [-0.2, 0) is 0 Å². The summed E-state index contributed by atoms with van der Waals surface area (Å²) in [5.74, 6) is 0. The highest BCUT2D eigenvalue weighted by Gasteiger charge is 2.00. The van der Waals surface area contributed by atoms with Gasteiger partial charge in [0.15, 0.2) is 0 Å². The maximum absolute atomic E-state index is 6.04. The Morgan fingerprint density at radius 3 is 2.25 bits per heavy atom. The number of nitrogen functional groups attached to an aromatic ring is 1. The van der Waals surface area contributed by atoms with E-state index >= 15 is 0 Å². The number of nitrogens with two attached hydrogens (primary N) is 1. The first kappa shape index (κ1) is 11.1. The summed E-state index contributed by atoms with van der Waals surface area (Å²) in [6, 6.07) is 12.7. The minimum absolute atomic E-state index is 0.593. The molecule has 2 aromatic carbocycles. The largest absolute Gasteiger partial charge is 0.399 e. The van der Waals surface area contributed by atoms with E-state index in [-0.39, 0.29) is 0 Å². The molecule has 0 unspecified atom stereocenters. The number of hydrogen-bond donors (Lipinski definition) is 2. The Kier molecular flexibility index (Phi) is 3.22. The first-order valence-corrected chi connectivity index (χ1v) is 5.48. The van der Waals surface area contributed by atoms with Gasteiger partial charge in [-0.25, -0.2) is 0 Å². The molecule has 0 saturated heterocycles. The van der Waals surface area contributed by atoms with Gasteiger partial charge in [-0.3, -0.25) is 0 Å². The van der Waals surface area contributed by atoms with Gasteiger partial charge in [0.25, 0.3) is 0 Å². The van der Waals surface area contributed by atoms with Crippen molar-refractivity contribution in [1.82, 2.24) is 0 Å². The average molecular weight is 253 g/mol. The molecule has 0 fully saturated rings. The summed E-state index contributed by atoms with van der Waals surface area (Å²) in [6.07, 6.45) is 0. The third kappa shape index (κ3) is 2.60. The van der Waals surface area contributed by atoms with Crippen LogP contribution in [0, 0.1) is 0 Å². The molecule has 2 aromatic rings. The lowest BCUT2D eigenvalue weighted by atomic mass is 10.2. The van der Waals surface area contributed by atoms with Crippen molar-refractivity contribution in [1.29, 1.82) is 0 Å².